The Morgan fingerprint density at radius 3 is 2.92 bits per heavy atom. The molecule has 1 fully saturated rings. The van der Waals surface area contributed by atoms with E-state index in [4.69, 9.17) is 0 Å². The smallest absolute Gasteiger partial charge is 0.0653 e. The van der Waals surface area contributed by atoms with Crippen molar-refractivity contribution in [2.45, 2.75) is 19.5 Å². The third-order valence-electron chi connectivity index (χ3n) is 4.72. The van der Waals surface area contributed by atoms with Gasteiger partial charge in [0.15, 0.2) is 0 Å². The summed E-state index contributed by atoms with van der Waals surface area (Å²) in [6, 6.07) is 10.7. The Bertz CT molecular complexity index is 777. The van der Waals surface area contributed by atoms with E-state index in [2.05, 4.69) is 49.7 Å². The highest BCUT2D eigenvalue weighted by Crippen LogP contribution is 2.18. The number of fused-ring (bicyclic) bond motifs is 1. The lowest BCUT2D eigenvalue weighted by Gasteiger charge is -2.25. The predicted octanol–water partition coefficient (Wildman–Crippen LogP) is 2.57. The van der Waals surface area contributed by atoms with Crippen molar-refractivity contribution in [3.8, 4) is 0 Å². The van der Waals surface area contributed by atoms with Crippen LogP contribution in [0.5, 0.6) is 0 Å². The average Bonchev–Trinajstić information content (AvgIpc) is 3.27. The summed E-state index contributed by atoms with van der Waals surface area (Å²) in [6.07, 6.45) is 6.94. The van der Waals surface area contributed by atoms with Crippen molar-refractivity contribution in [1.29, 1.82) is 0 Å². The van der Waals surface area contributed by atoms with E-state index in [1.807, 2.05) is 24.7 Å². The van der Waals surface area contributed by atoms with Gasteiger partial charge in [-0.1, -0.05) is 18.2 Å². The quantitative estimate of drug-likeness (QED) is 0.733. The van der Waals surface area contributed by atoms with Crippen LogP contribution in [0.3, 0.4) is 0 Å². The second kappa shape index (κ2) is 7.11. The van der Waals surface area contributed by atoms with E-state index in [1.165, 1.54) is 17.5 Å². The number of H-pyrrole nitrogens is 1. The number of pyridine rings is 1. The minimum atomic E-state index is 0.734. The fraction of sp³-hybridized carbons (Fsp3) is 0.368. The molecule has 1 aliphatic heterocycles. The summed E-state index contributed by atoms with van der Waals surface area (Å²) in [6.45, 7) is 5.27. The normalized spacial score (nSPS) is 17.8. The van der Waals surface area contributed by atoms with Crippen LogP contribution in [0.1, 0.15) is 17.5 Å². The van der Waals surface area contributed by atoms with E-state index < -0.39 is 0 Å². The van der Waals surface area contributed by atoms with E-state index >= 15 is 0 Å². The van der Waals surface area contributed by atoms with Crippen molar-refractivity contribution in [3.05, 3.63) is 60.0 Å². The van der Waals surface area contributed by atoms with Gasteiger partial charge in [0.05, 0.1) is 11.7 Å². The zero-order valence-corrected chi connectivity index (χ0v) is 13.8. The van der Waals surface area contributed by atoms with Gasteiger partial charge in [-0.25, -0.2) is 0 Å². The molecule has 5 nitrogen and oxygen atoms in total. The third kappa shape index (κ3) is 3.63. The Labute approximate surface area is 142 Å². The fourth-order valence-corrected chi connectivity index (χ4v) is 3.51. The first-order valence-electron chi connectivity index (χ1n) is 8.61. The van der Waals surface area contributed by atoms with Crippen molar-refractivity contribution >= 4 is 10.9 Å². The number of nitrogens with zero attached hydrogens (tertiary/aromatic N) is 3. The standard InChI is InChI=1S/C19H23N5/c1-2-16(9-20-6-1)13-24(14-17-5-7-21-10-17)12-15-3-4-18-11-22-23-19(18)8-15/h1-4,6,8-9,11,17,21H,5,7,10,12-14H2,(H,22,23). The molecule has 0 radical (unpaired) electrons. The van der Waals surface area contributed by atoms with Crippen LogP contribution in [0.2, 0.25) is 0 Å². The molecule has 2 aromatic heterocycles. The van der Waals surface area contributed by atoms with Gasteiger partial charge < -0.3 is 5.32 Å². The summed E-state index contributed by atoms with van der Waals surface area (Å²) in [4.78, 5) is 6.79. The van der Waals surface area contributed by atoms with Gasteiger partial charge in [0, 0.05) is 37.4 Å². The van der Waals surface area contributed by atoms with Crippen LogP contribution in [-0.2, 0) is 13.1 Å². The lowest BCUT2D eigenvalue weighted by molar-refractivity contribution is 0.220. The van der Waals surface area contributed by atoms with E-state index in [-0.39, 0.29) is 0 Å². The molecule has 2 N–H and O–H groups in total. The van der Waals surface area contributed by atoms with Gasteiger partial charge in [-0.3, -0.25) is 15.0 Å². The van der Waals surface area contributed by atoms with Crippen molar-refractivity contribution in [2.75, 3.05) is 19.6 Å². The van der Waals surface area contributed by atoms with Gasteiger partial charge >= 0.3 is 0 Å². The maximum absolute atomic E-state index is 4.26. The van der Waals surface area contributed by atoms with Crippen molar-refractivity contribution in [1.82, 2.24) is 25.4 Å². The van der Waals surface area contributed by atoms with Crippen LogP contribution in [-0.4, -0.2) is 39.7 Å². The molecule has 0 saturated carbocycles. The average molecular weight is 321 g/mol. The molecule has 1 saturated heterocycles. The lowest BCUT2D eigenvalue weighted by Crippen LogP contribution is -2.30. The van der Waals surface area contributed by atoms with Crippen LogP contribution in [0.4, 0.5) is 0 Å². The van der Waals surface area contributed by atoms with E-state index in [9.17, 15) is 0 Å². The molecule has 1 aromatic carbocycles. The van der Waals surface area contributed by atoms with Gasteiger partial charge in [0.25, 0.3) is 0 Å². The van der Waals surface area contributed by atoms with Crippen LogP contribution >= 0.6 is 0 Å². The second-order valence-electron chi connectivity index (χ2n) is 6.68. The van der Waals surface area contributed by atoms with Crippen molar-refractivity contribution in [2.24, 2.45) is 5.92 Å². The summed E-state index contributed by atoms with van der Waals surface area (Å²) in [5.41, 5.74) is 3.70. The topological polar surface area (TPSA) is 56.8 Å². The molecule has 1 unspecified atom stereocenters. The molecule has 124 valence electrons. The fourth-order valence-electron chi connectivity index (χ4n) is 3.51. The molecule has 4 rings (SSSR count). The molecule has 1 atom stereocenters. The summed E-state index contributed by atoms with van der Waals surface area (Å²) in [5, 5.41) is 11.8. The Morgan fingerprint density at radius 2 is 2.08 bits per heavy atom. The van der Waals surface area contributed by atoms with Crippen LogP contribution in [0.25, 0.3) is 10.9 Å². The zero-order chi connectivity index (χ0) is 16.2. The summed E-state index contributed by atoms with van der Waals surface area (Å²) in [5.74, 6) is 0.734. The molecule has 24 heavy (non-hydrogen) atoms. The van der Waals surface area contributed by atoms with Gasteiger partial charge in [0.2, 0.25) is 0 Å². The molecular weight excluding hydrogens is 298 g/mol. The number of aromatic amines is 1. The molecule has 0 amide bonds. The summed E-state index contributed by atoms with van der Waals surface area (Å²) < 4.78 is 0. The van der Waals surface area contributed by atoms with Gasteiger partial charge in [-0.05, 0) is 48.7 Å². The molecule has 5 heteroatoms. The first-order chi connectivity index (χ1) is 11.9. The first-order valence-corrected chi connectivity index (χ1v) is 8.61. The predicted molar refractivity (Wildman–Crippen MR) is 95.4 cm³/mol. The maximum atomic E-state index is 4.26. The minimum absolute atomic E-state index is 0.734. The monoisotopic (exact) mass is 321 g/mol. The van der Waals surface area contributed by atoms with Crippen LogP contribution in [0, 0.1) is 5.92 Å². The maximum Gasteiger partial charge on any atom is 0.0653 e. The van der Waals surface area contributed by atoms with Crippen LogP contribution in [0.15, 0.2) is 48.9 Å². The molecule has 1 aliphatic rings. The molecule has 0 bridgehead atoms. The Balaban J connectivity index is 1.51. The highest BCUT2D eigenvalue weighted by molar-refractivity contribution is 5.78. The van der Waals surface area contributed by atoms with Gasteiger partial charge in [0.1, 0.15) is 0 Å². The van der Waals surface area contributed by atoms with Gasteiger partial charge in [-0.15, -0.1) is 0 Å². The van der Waals surface area contributed by atoms with E-state index in [1.54, 1.807) is 0 Å². The summed E-state index contributed by atoms with van der Waals surface area (Å²) >= 11 is 0. The molecule has 3 aromatic rings. The largest absolute Gasteiger partial charge is 0.316 e. The number of aromatic nitrogens is 3. The van der Waals surface area contributed by atoms with E-state index in [0.717, 1.165) is 49.5 Å². The summed E-state index contributed by atoms with van der Waals surface area (Å²) in [7, 11) is 0. The highest BCUT2D eigenvalue weighted by atomic mass is 15.1. The van der Waals surface area contributed by atoms with E-state index in [0.29, 0.717) is 0 Å². The SMILES string of the molecule is c1cncc(CN(Cc2ccc3cn[nH]c3c2)CC2CCNC2)c1. The molecule has 0 spiro atoms. The third-order valence-corrected chi connectivity index (χ3v) is 4.72. The minimum Gasteiger partial charge on any atom is -0.316 e. The zero-order valence-electron chi connectivity index (χ0n) is 13.8. The van der Waals surface area contributed by atoms with Crippen molar-refractivity contribution in [3.63, 3.8) is 0 Å². The lowest BCUT2D eigenvalue weighted by atomic mass is 10.1. The number of hydrogen-bond acceptors (Lipinski definition) is 4. The first kappa shape index (κ1) is 15.3. The number of hydrogen-bond donors (Lipinski definition) is 2. The van der Waals surface area contributed by atoms with Gasteiger partial charge in [-0.2, -0.15) is 5.10 Å². The molecular formula is C19H23N5. The molecule has 3 heterocycles. The number of rotatable bonds is 6. The molecule has 0 aliphatic carbocycles. The number of benzene rings is 1. The van der Waals surface area contributed by atoms with Crippen LogP contribution < -0.4 is 5.32 Å². The highest BCUT2D eigenvalue weighted by Gasteiger charge is 2.19. The Morgan fingerprint density at radius 1 is 1.12 bits per heavy atom. The second-order valence-corrected chi connectivity index (χ2v) is 6.68. The number of nitrogens with one attached hydrogen (secondary N) is 2. The Kier molecular flexibility index (Phi) is 4.53. The van der Waals surface area contributed by atoms with Crippen molar-refractivity contribution < 1.29 is 0 Å². The Hall–Kier alpha value is -2.24.